The van der Waals surface area contributed by atoms with Gasteiger partial charge < -0.3 is 9.84 Å². The fourth-order valence-electron chi connectivity index (χ4n) is 2.25. The van der Waals surface area contributed by atoms with E-state index in [4.69, 9.17) is 9.84 Å². The van der Waals surface area contributed by atoms with Crippen LogP contribution in [-0.2, 0) is 4.79 Å². The highest BCUT2D eigenvalue weighted by Gasteiger charge is 2.17. The molecule has 0 spiro atoms. The van der Waals surface area contributed by atoms with Crippen LogP contribution in [-0.4, -0.2) is 17.7 Å². The molecule has 1 aromatic rings. The lowest BCUT2D eigenvalue weighted by Gasteiger charge is -2.18. The van der Waals surface area contributed by atoms with Crippen LogP contribution >= 0.6 is 0 Å². The fraction of sp³-hybridized carbons (Fsp3) is 0.533. The zero-order valence-corrected chi connectivity index (χ0v) is 11.6. The molecule has 0 saturated carbocycles. The number of benzene rings is 1. The van der Waals surface area contributed by atoms with Crippen molar-refractivity contribution >= 4 is 5.97 Å². The Hall–Kier alpha value is -1.51. The molecule has 1 rings (SSSR count). The first kappa shape index (κ1) is 14.6. The Morgan fingerprint density at radius 1 is 1.28 bits per heavy atom. The van der Waals surface area contributed by atoms with Crippen LogP contribution in [0.5, 0.6) is 5.75 Å². The van der Waals surface area contributed by atoms with Gasteiger partial charge in [0.1, 0.15) is 5.75 Å². The monoisotopic (exact) mass is 250 g/mol. The van der Waals surface area contributed by atoms with E-state index in [1.807, 2.05) is 33.8 Å². The Balaban J connectivity index is 3.08. The van der Waals surface area contributed by atoms with Gasteiger partial charge in [-0.3, -0.25) is 4.79 Å². The number of carboxylic acid groups (broad SMARTS) is 1. The molecule has 0 radical (unpaired) electrons. The molecule has 1 N–H and O–H groups in total. The van der Waals surface area contributed by atoms with E-state index in [1.54, 1.807) is 0 Å². The van der Waals surface area contributed by atoms with Gasteiger partial charge in [-0.15, -0.1) is 0 Å². The molecule has 3 nitrogen and oxygen atoms in total. The first-order chi connectivity index (χ1) is 8.49. The Morgan fingerprint density at radius 3 is 2.44 bits per heavy atom. The summed E-state index contributed by atoms with van der Waals surface area (Å²) in [7, 11) is 0. The van der Waals surface area contributed by atoms with Gasteiger partial charge in [0.05, 0.1) is 13.0 Å². The minimum Gasteiger partial charge on any atom is -0.494 e. The summed E-state index contributed by atoms with van der Waals surface area (Å²) < 4.78 is 5.55. The van der Waals surface area contributed by atoms with Crippen molar-refractivity contribution in [1.82, 2.24) is 0 Å². The number of ether oxygens (including phenoxy) is 1. The maximum Gasteiger partial charge on any atom is 0.303 e. The molecule has 0 bridgehead atoms. The zero-order chi connectivity index (χ0) is 13.7. The van der Waals surface area contributed by atoms with Crippen LogP contribution in [0.25, 0.3) is 0 Å². The molecule has 0 aliphatic heterocycles. The van der Waals surface area contributed by atoms with Gasteiger partial charge in [0.25, 0.3) is 0 Å². The van der Waals surface area contributed by atoms with Crippen molar-refractivity contribution < 1.29 is 14.6 Å². The van der Waals surface area contributed by atoms with E-state index >= 15 is 0 Å². The second-order valence-corrected chi connectivity index (χ2v) is 4.61. The third-order valence-corrected chi connectivity index (χ3v) is 3.22. The Morgan fingerprint density at radius 2 is 1.94 bits per heavy atom. The summed E-state index contributed by atoms with van der Waals surface area (Å²) in [5.74, 6) is 0.230. The van der Waals surface area contributed by atoms with Crippen LogP contribution in [0.2, 0.25) is 0 Å². The average molecular weight is 250 g/mol. The van der Waals surface area contributed by atoms with E-state index in [0.717, 1.165) is 28.9 Å². The SMILES string of the molecule is CCOc1cc(C)c(C(CC)CC(=O)O)cc1C. The summed E-state index contributed by atoms with van der Waals surface area (Å²) in [6.07, 6.45) is 1.02. The summed E-state index contributed by atoms with van der Waals surface area (Å²) >= 11 is 0. The average Bonchev–Trinajstić information content (AvgIpc) is 2.30. The minimum absolute atomic E-state index is 0.0804. The lowest BCUT2D eigenvalue weighted by atomic mass is 9.88. The molecule has 0 aromatic heterocycles. The van der Waals surface area contributed by atoms with Crippen molar-refractivity contribution in [1.29, 1.82) is 0 Å². The second-order valence-electron chi connectivity index (χ2n) is 4.61. The van der Waals surface area contributed by atoms with Crippen molar-refractivity contribution in [3.8, 4) is 5.75 Å². The van der Waals surface area contributed by atoms with Gasteiger partial charge in [0, 0.05) is 0 Å². The molecule has 0 saturated heterocycles. The Kier molecular flexibility index (Phi) is 5.20. The molecule has 1 aromatic carbocycles. The van der Waals surface area contributed by atoms with Crippen molar-refractivity contribution in [3.63, 3.8) is 0 Å². The number of carboxylic acids is 1. The number of hydrogen-bond donors (Lipinski definition) is 1. The number of aryl methyl sites for hydroxylation is 2. The lowest BCUT2D eigenvalue weighted by Crippen LogP contribution is -2.08. The number of carbonyl (C=O) groups is 1. The van der Waals surface area contributed by atoms with E-state index in [2.05, 4.69) is 6.07 Å². The summed E-state index contributed by atoms with van der Waals surface area (Å²) in [5, 5.41) is 8.95. The maximum absolute atomic E-state index is 10.9. The summed E-state index contributed by atoms with van der Waals surface area (Å²) in [5.41, 5.74) is 3.30. The van der Waals surface area contributed by atoms with Gasteiger partial charge in [-0.05, 0) is 55.9 Å². The third kappa shape index (κ3) is 3.49. The quantitative estimate of drug-likeness (QED) is 0.838. The van der Waals surface area contributed by atoms with Crippen LogP contribution < -0.4 is 4.74 Å². The molecule has 0 aliphatic rings. The fourth-order valence-corrected chi connectivity index (χ4v) is 2.25. The second kappa shape index (κ2) is 6.43. The molecule has 100 valence electrons. The summed E-state index contributed by atoms with van der Waals surface area (Å²) in [6.45, 7) is 8.65. The summed E-state index contributed by atoms with van der Waals surface area (Å²) in [6, 6.07) is 4.08. The van der Waals surface area contributed by atoms with Gasteiger partial charge >= 0.3 is 5.97 Å². The van der Waals surface area contributed by atoms with Crippen LogP contribution in [0.4, 0.5) is 0 Å². The summed E-state index contributed by atoms with van der Waals surface area (Å²) in [4.78, 5) is 10.9. The minimum atomic E-state index is -0.743. The van der Waals surface area contributed by atoms with Gasteiger partial charge in [-0.25, -0.2) is 0 Å². The molecule has 1 unspecified atom stereocenters. The molecule has 0 aliphatic carbocycles. The van der Waals surface area contributed by atoms with Gasteiger partial charge in [-0.2, -0.15) is 0 Å². The smallest absolute Gasteiger partial charge is 0.303 e. The van der Waals surface area contributed by atoms with Gasteiger partial charge in [-0.1, -0.05) is 13.0 Å². The van der Waals surface area contributed by atoms with Crippen molar-refractivity contribution in [3.05, 3.63) is 28.8 Å². The number of hydrogen-bond acceptors (Lipinski definition) is 2. The standard InChI is InChI=1S/C15H22O3/c1-5-12(9-15(16)17)13-7-11(4)14(18-6-2)8-10(13)3/h7-8,12H,5-6,9H2,1-4H3,(H,16,17). The number of aliphatic carboxylic acids is 1. The topological polar surface area (TPSA) is 46.5 Å². The van der Waals surface area contributed by atoms with Crippen molar-refractivity contribution in [2.24, 2.45) is 0 Å². The Bertz CT molecular complexity index is 424. The van der Waals surface area contributed by atoms with E-state index < -0.39 is 5.97 Å². The molecule has 0 amide bonds. The lowest BCUT2D eigenvalue weighted by molar-refractivity contribution is -0.137. The molecule has 0 heterocycles. The van der Waals surface area contributed by atoms with E-state index in [9.17, 15) is 4.79 Å². The van der Waals surface area contributed by atoms with Crippen molar-refractivity contribution in [2.75, 3.05) is 6.61 Å². The molecular formula is C15H22O3. The van der Waals surface area contributed by atoms with Crippen LogP contribution in [0.1, 0.15) is 49.3 Å². The largest absolute Gasteiger partial charge is 0.494 e. The third-order valence-electron chi connectivity index (χ3n) is 3.22. The van der Waals surface area contributed by atoms with E-state index in [-0.39, 0.29) is 12.3 Å². The highest BCUT2D eigenvalue weighted by Crippen LogP contribution is 2.31. The molecule has 1 atom stereocenters. The first-order valence-corrected chi connectivity index (χ1v) is 6.45. The van der Waals surface area contributed by atoms with Crippen LogP contribution in [0.15, 0.2) is 12.1 Å². The molecule has 3 heteroatoms. The van der Waals surface area contributed by atoms with Gasteiger partial charge in [0.15, 0.2) is 0 Å². The molecule has 18 heavy (non-hydrogen) atoms. The zero-order valence-electron chi connectivity index (χ0n) is 11.6. The van der Waals surface area contributed by atoms with Crippen LogP contribution in [0, 0.1) is 13.8 Å². The highest BCUT2D eigenvalue weighted by molar-refractivity contribution is 5.68. The van der Waals surface area contributed by atoms with E-state index in [1.165, 1.54) is 0 Å². The van der Waals surface area contributed by atoms with Crippen molar-refractivity contribution in [2.45, 2.75) is 46.5 Å². The first-order valence-electron chi connectivity index (χ1n) is 6.45. The highest BCUT2D eigenvalue weighted by atomic mass is 16.5. The predicted octanol–water partition coefficient (Wildman–Crippen LogP) is 3.67. The van der Waals surface area contributed by atoms with Gasteiger partial charge in [0.2, 0.25) is 0 Å². The maximum atomic E-state index is 10.9. The number of rotatable bonds is 6. The van der Waals surface area contributed by atoms with E-state index in [0.29, 0.717) is 6.61 Å². The Labute approximate surface area is 109 Å². The molecular weight excluding hydrogens is 228 g/mol. The normalized spacial score (nSPS) is 12.2. The van der Waals surface area contributed by atoms with Crippen LogP contribution in [0.3, 0.4) is 0 Å². The molecule has 0 fully saturated rings. The predicted molar refractivity (Wildman–Crippen MR) is 72.4 cm³/mol.